The van der Waals surface area contributed by atoms with Crippen LogP contribution in [0.1, 0.15) is 60.0 Å². The molecule has 4 aliphatic rings. The number of aromatic amines is 1. The molecular weight excluding hydrogens is 788 g/mol. The van der Waals surface area contributed by atoms with Crippen molar-refractivity contribution in [3.05, 3.63) is 107 Å². The Bertz CT molecular complexity index is 2450. The fourth-order valence-electron chi connectivity index (χ4n) is 9.83. The minimum atomic E-state index is -4.22. The normalized spacial score (nSPS) is 23.8. The molecule has 4 fully saturated rings. The lowest BCUT2D eigenvalue weighted by Gasteiger charge is -2.41. The van der Waals surface area contributed by atoms with Gasteiger partial charge in [0, 0.05) is 91.9 Å². The summed E-state index contributed by atoms with van der Waals surface area (Å²) >= 11 is 6.25. The maximum atomic E-state index is 13.9. The highest BCUT2D eigenvalue weighted by Crippen LogP contribution is 2.72. The number of ether oxygens (including phenoxy) is 2. The van der Waals surface area contributed by atoms with Gasteiger partial charge in [0.2, 0.25) is 0 Å². The minimum absolute atomic E-state index is 0.00193. The van der Waals surface area contributed by atoms with Crippen LogP contribution in [-0.2, 0) is 20.2 Å². The van der Waals surface area contributed by atoms with E-state index in [0.717, 1.165) is 118 Å². The van der Waals surface area contributed by atoms with E-state index < -0.39 is 15.9 Å². The van der Waals surface area contributed by atoms with Crippen LogP contribution < -0.4 is 19.7 Å². The van der Waals surface area contributed by atoms with E-state index in [0.29, 0.717) is 17.3 Å². The fraction of sp³-hybridized carbons (Fsp3) is 0.422. The van der Waals surface area contributed by atoms with Crippen LogP contribution in [0.25, 0.3) is 11.0 Å². The number of halogens is 1. The number of H-pyrrole nitrogens is 1. The summed E-state index contributed by atoms with van der Waals surface area (Å²) in [5.74, 6) is 0.339. The zero-order chi connectivity index (χ0) is 40.8. The molecule has 59 heavy (non-hydrogen) atoms. The Morgan fingerprint density at radius 1 is 1.02 bits per heavy atom. The molecule has 2 aromatic heterocycles. The standard InChI is InChI=1S/C45H51ClN6O6S/c1-30-22-38(7-9-40(30)48-26-31-12-20-57-21-13-31)59(55,56)50-43(54)39-8-6-35(24-41(39)58-37-23-32-11-15-47-42(32)49-27-37)52-18-16-51(17-19-52)29-44-25-36(53)10-14-45(44,28-44)33-2-4-34(46)5-3-33/h2-9,11,15,22-24,27,31,36,48,53H,10,12-14,16-21,25-26,28-29H2,1H3,(H,47,49)(H,50,54). The average molecular weight is 839 g/mol. The third kappa shape index (κ3) is 8.15. The largest absolute Gasteiger partial charge is 0.455 e. The van der Waals surface area contributed by atoms with Gasteiger partial charge in [-0.3, -0.25) is 9.69 Å². The number of benzene rings is 3. The highest BCUT2D eigenvalue weighted by Gasteiger charge is 2.69. The van der Waals surface area contributed by atoms with Crippen molar-refractivity contribution >= 4 is 49.9 Å². The highest BCUT2D eigenvalue weighted by molar-refractivity contribution is 7.90. The van der Waals surface area contributed by atoms with Gasteiger partial charge in [0.15, 0.2) is 0 Å². The number of piperazine rings is 1. The first-order valence-corrected chi connectivity index (χ1v) is 22.5. The topological polar surface area (TPSA) is 149 Å². The Morgan fingerprint density at radius 3 is 2.59 bits per heavy atom. The van der Waals surface area contributed by atoms with Crippen LogP contribution in [0.4, 0.5) is 11.4 Å². The SMILES string of the molecule is Cc1cc(S(=O)(=O)NC(=O)c2ccc(N3CCN(CC45CC(O)CCC4(c4ccc(Cl)cc4)C5)CC3)cc2Oc2cnc3[nH]ccc3c2)ccc1NCC1CCOCC1. The number of rotatable bonds is 12. The summed E-state index contributed by atoms with van der Waals surface area (Å²) < 4.78 is 41.5. The fourth-order valence-corrected chi connectivity index (χ4v) is 11.0. The van der Waals surface area contributed by atoms with Crippen molar-refractivity contribution in [1.82, 2.24) is 19.6 Å². The number of sulfonamides is 1. The summed E-state index contributed by atoms with van der Waals surface area (Å²) in [7, 11) is -4.22. The summed E-state index contributed by atoms with van der Waals surface area (Å²) in [6.45, 7) is 8.25. The minimum Gasteiger partial charge on any atom is -0.455 e. The van der Waals surface area contributed by atoms with E-state index in [9.17, 15) is 18.3 Å². The molecule has 3 unspecified atom stereocenters. The Hall–Kier alpha value is -4.66. The van der Waals surface area contributed by atoms with E-state index in [2.05, 4.69) is 41.9 Å². The maximum absolute atomic E-state index is 13.9. The first-order valence-electron chi connectivity index (χ1n) is 20.7. The molecule has 9 rings (SSSR count). The second kappa shape index (κ2) is 16.1. The number of pyridine rings is 1. The number of carbonyl (C=O) groups excluding carboxylic acids is 1. The summed E-state index contributed by atoms with van der Waals surface area (Å²) in [6, 6.07) is 22.1. The Labute approximate surface area is 350 Å². The third-order valence-corrected chi connectivity index (χ3v) is 14.8. The van der Waals surface area contributed by atoms with Gasteiger partial charge in [-0.2, -0.15) is 0 Å². The summed E-state index contributed by atoms with van der Waals surface area (Å²) in [5.41, 5.74) is 4.70. The van der Waals surface area contributed by atoms with Crippen LogP contribution in [-0.4, -0.2) is 92.9 Å². The molecule has 12 nitrogen and oxygen atoms in total. The van der Waals surface area contributed by atoms with Gasteiger partial charge >= 0.3 is 0 Å². The molecular formula is C45H51ClN6O6S. The zero-order valence-electron chi connectivity index (χ0n) is 33.3. The molecule has 2 aliphatic heterocycles. The van der Waals surface area contributed by atoms with Gasteiger partial charge in [0.1, 0.15) is 17.1 Å². The smallest absolute Gasteiger partial charge is 0.268 e. The number of fused-ring (bicyclic) bond motifs is 2. The van der Waals surface area contributed by atoms with Crippen molar-refractivity contribution in [2.45, 2.75) is 61.9 Å². The van der Waals surface area contributed by atoms with Crippen molar-refractivity contribution < 1.29 is 27.8 Å². The number of hydrogen-bond donors (Lipinski definition) is 4. The van der Waals surface area contributed by atoms with E-state index in [1.54, 1.807) is 30.6 Å². The van der Waals surface area contributed by atoms with Crippen molar-refractivity contribution in [2.24, 2.45) is 11.3 Å². The molecule has 0 radical (unpaired) electrons. The summed E-state index contributed by atoms with van der Waals surface area (Å²) in [4.78, 5) is 26.2. The van der Waals surface area contributed by atoms with Crippen LogP contribution >= 0.6 is 11.6 Å². The monoisotopic (exact) mass is 838 g/mol. The third-order valence-electron chi connectivity index (χ3n) is 13.2. The van der Waals surface area contributed by atoms with Gasteiger partial charge in [-0.05, 0) is 123 Å². The van der Waals surface area contributed by atoms with Gasteiger partial charge < -0.3 is 29.8 Å². The summed E-state index contributed by atoms with van der Waals surface area (Å²) in [6.07, 6.45) is 8.74. The molecule has 0 bridgehead atoms. The molecule has 4 N–H and O–H groups in total. The van der Waals surface area contributed by atoms with Crippen molar-refractivity contribution in [2.75, 3.05) is 62.7 Å². The number of hydrogen-bond acceptors (Lipinski definition) is 10. The first kappa shape index (κ1) is 39.8. The molecule has 3 aromatic carbocycles. The van der Waals surface area contributed by atoms with E-state index >= 15 is 0 Å². The molecule has 2 saturated heterocycles. The zero-order valence-corrected chi connectivity index (χ0v) is 34.8. The number of aliphatic hydroxyl groups is 1. The molecule has 0 spiro atoms. The number of anilines is 2. The number of nitrogens with one attached hydrogen (secondary N) is 3. The van der Waals surface area contributed by atoms with Crippen LogP contribution in [0.5, 0.6) is 11.5 Å². The number of aromatic nitrogens is 2. The van der Waals surface area contributed by atoms with Gasteiger partial charge in [-0.15, -0.1) is 0 Å². The summed E-state index contributed by atoms with van der Waals surface area (Å²) in [5, 5.41) is 15.8. The average Bonchev–Trinajstić information content (AvgIpc) is 3.64. The quantitative estimate of drug-likeness (QED) is 0.101. The van der Waals surface area contributed by atoms with Crippen LogP contribution in [0, 0.1) is 18.3 Å². The lowest BCUT2D eigenvalue weighted by atomic mass is 9.74. The van der Waals surface area contributed by atoms with E-state index in [1.807, 2.05) is 43.3 Å². The number of amides is 1. The molecule has 3 atom stereocenters. The lowest BCUT2D eigenvalue weighted by Crippen LogP contribution is -2.49. The Morgan fingerprint density at radius 2 is 1.81 bits per heavy atom. The van der Waals surface area contributed by atoms with Gasteiger partial charge in [0.25, 0.3) is 15.9 Å². The van der Waals surface area contributed by atoms with Crippen LogP contribution in [0.3, 0.4) is 0 Å². The number of carbonyl (C=O) groups is 1. The molecule has 1 amide bonds. The molecule has 14 heteroatoms. The molecule has 2 saturated carbocycles. The molecule has 5 aromatic rings. The second-order valence-corrected chi connectivity index (χ2v) is 19.0. The van der Waals surface area contributed by atoms with E-state index in [4.69, 9.17) is 21.1 Å². The lowest BCUT2D eigenvalue weighted by molar-refractivity contribution is 0.0658. The number of aryl methyl sites for hydroxylation is 1. The van der Waals surface area contributed by atoms with Gasteiger partial charge in [-0.25, -0.2) is 18.1 Å². The predicted molar refractivity (Wildman–Crippen MR) is 229 cm³/mol. The van der Waals surface area contributed by atoms with Crippen LogP contribution in [0.2, 0.25) is 5.02 Å². The van der Waals surface area contributed by atoms with Crippen LogP contribution in [0.15, 0.2) is 90.1 Å². The Balaban J connectivity index is 0.908. The maximum Gasteiger partial charge on any atom is 0.268 e. The van der Waals surface area contributed by atoms with Gasteiger partial charge in [0.05, 0.1) is 22.8 Å². The number of nitrogens with zero attached hydrogens (tertiary/aromatic N) is 3. The second-order valence-electron chi connectivity index (χ2n) is 16.9. The van der Waals surface area contributed by atoms with Gasteiger partial charge in [-0.1, -0.05) is 23.7 Å². The van der Waals surface area contributed by atoms with E-state index in [1.165, 1.54) is 11.6 Å². The van der Waals surface area contributed by atoms with E-state index in [-0.39, 0.29) is 33.1 Å². The highest BCUT2D eigenvalue weighted by atomic mass is 35.5. The molecule has 310 valence electrons. The molecule has 2 aliphatic carbocycles. The van der Waals surface area contributed by atoms with Crippen molar-refractivity contribution in [3.63, 3.8) is 0 Å². The van der Waals surface area contributed by atoms with Crippen molar-refractivity contribution in [1.29, 1.82) is 0 Å². The number of aliphatic hydroxyl groups excluding tert-OH is 1. The Kier molecular flexibility index (Phi) is 10.8. The first-order chi connectivity index (χ1) is 28.5. The predicted octanol–water partition coefficient (Wildman–Crippen LogP) is 7.27. The molecule has 4 heterocycles. The van der Waals surface area contributed by atoms with Crippen molar-refractivity contribution in [3.8, 4) is 11.5 Å².